The van der Waals surface area contributed by atoms with Crippen LogP contribution in [0.3, 0.4) is 0 Å². The quantitative estimate of drug-likeness (QED) is 0.762. The van der Waals surface area contributed by atoms with E-state index in [1.165, 1.54) is 19.3 Å². The average Bonchev–Trinajstić information content (AvgIpc) is 2.63. The first-order valence-electron chi connectivity index (χ1n) is 7.84. The molecular formula is C16H22BrN3O. The fourth-order valence-corrected chi connectivity index (χ4v) is 7.03. The third-order valence-corrected chi connectivity index (χ3v) is 6.64. The van der Waals surface area contributed by atoms with Gasteiger partial charge >= 0.3 is 0 Å². The van der Waals surface area contributed by atoms with Crippen molar-refractivity contribution in [3.63, 3.8) is 0 Å². The van der Waals surface area contributed by atoms with Gasteiger partial charge in [0, 0.05) is 12.5 Å². The van der Waals surface area contributed by atoms with Crippen LogP contribution in [0.4, 0.5) is 0 Å². The minimum Gasteiger partial charge on any atom is -0.292 e. The molecule has 0 saturated heterocycles. The number of aryl methyl sites for hydroxylation is 1. The van der Waals surface area contributed by atoms with Crippen molar-refractivity contribution in [3.05, 3.63) is 10.3 Å². The van der Waals surface area contributed by atoms with E-state index in [1.807, 2.05) is 7.05 Å². The molecule has 2 unspecified atom stereocenters. The van der Waals surface area contributed by atoms with Gasteiger partial charge in [-0.05, 0) is 71.2 Å². The van der Waals surface area contributed by atoms with Crippen LogP contribution in [0.5, 0.6) is 0 Å². The Kier molecular flexibility index (Phi) is 2.63. The largest absolute Gasteiger partial charge is 0.292 e. The Morgan fingerprint density at radius 2 is 1.81 bits per heavy atom. The highest BCUT2D eigenvalue weighted by Crippen LogP contribution is 2.70. The number of nitrogens with zero attached hydrogens (tertiary/aromatic N) is 3. The fraction of sp³-hybridized carbons (Fsp3) is 0.812. The topological polar surface area (TPSA) is 47.8 Å². The minimum absolute atomic E-state index is 0.180. The third-order valence-electron chi connectivity index (χ3n) is 6.11. The summed E-state index contributed by atoms with van der Waals surface area (Å²) in [6.45, 7) is 4.79. The van der Waals surface area contributed by atoms with Crippen molar-refractivity contribution in [3.8, 4) is 0 Å². The Labute approximate surface area is 133 Å². The SMILES string of the molecule is Cn1nnc(Br)c1C(=O)C12CC3CC(C)(CC(C)(C3)C1)C2. The zero-order valence-corrected chi connectivity index (χ0v) is 14.5. The van der Waals surface area contributed by atoms with Crippen LogP contribution in [-0.2, 0) is 7.05 Å². The number of hydrogen-bond donors (Lipinski definition) is 0. The minimum atomic E-state index is -0.180. The number of rotatable bonds is 2. The highest BCUT2D eigenvalue weighted by Gasteiger charge is 2.63. The first kappa shape index (κ1) is 13.9. The van der Waals surface area contributed by atoms with E-state index >= 15 is 0 Å². The van der Waals surface area contributed by atoms with E-state index in [0.29, 0.717) is 21.1 Å². The summed E-state index contributed by atoms with van der Waals surface area (Å²) in [7, 11) is 1.81. The van der Waals surface area contributed by atoms with Gasteiger partial charge < -0.3 is 0 Å². The van der Waals surface area contributed by atoms with Gasteiger partial charge in [0.1, 0.15) is 5.69 Å². The van der Waals surface area contributed by atoms with Crippen LogP contribution in [0, 0.1) is 22.2 Å². The molecule has 21 heavy (non-hydrogen) atoms. The number of hydrogen-bond acceptors (Lipinski definition) is 3. The standard InChI is InChI=1S/C16H22BrN3O/c1-14-4-10-5-15(2,7-14)9-16(6-10,8-14)12(21)11-13(17)18-19-20(11)3/h10H,4-9H2,1-3H3. The molecule has 0 spiro atoms. The van der Waals surface area contributed by atoms with Gasteiger partial charge in [0.05, 0.1) is 0 Å². The molecule has 0 aliphatic heterocycles. The number of ketones is 1. The Morgan fingerprint density at radius 1 is 1.19 bits per heavy atom. The van der Waals surface area contributed by atoms with Crippen LogP contribution in [0.2, 0.25) is 0 Å². The van der Waals surface area contributed by atoms with E-state index < -0.39 is 0 Å². The van der Waals surface area contributed by atoms with E-state index in [0.717, 1.165) is 25.2 Å². The summed E-state index contributed by atoms with van der Waals surface area (Å²) < 4.78 is 2.23. The molecule has 1 aromatic rings. The molecule has 1 heterocycles. The fourth-order valence-electron chi connectivity index (χ4n) is 6.52. The maximum Gasteiger partial charge on any atom is 0.189 e. The highest BCUT2D eigenvalue weighted by atomic mass is 79.9. The van der Waals surface area contributed by atoms with Crippen molar-refractivity contribution in [1.82, 2.24) is 15.0 Å². The van der Waals surface area contributed by atoms with Crippen molar-refractivity contribution in [2.45, 2.75) is 52.4 Å². The van der Waals surface area contributed by atoms with Gasteiger partial charge in [-0.25, -0.2) is 4.68 Å². The van der Waals surface area contributed by atoms with E-state index in [2.05, 4.69) is 40.1 Å². The molecule has 4 aliphatic carbocycles. The lowest BCUT2D eigenvalue weighted by molar-refractivity contribution is -0.125. The van der Waals surface area contributed by atoms with Crippen LogP contribution in [-0.4, -0.2) is 20.8 Å². The lowest BCUT2D eigenvalue weighted by Crippen LogP contribution is -2.57. The molecule has 0 N–H and O–H groups in total. The molecule has 0 aromatic carbocycles. The molecule has 4 bridgehead atoms. The normalized spacial score (nSPS) is 44.3. The molecule has 0 radical (unpaired) electrons. The van der Waals surface area contributed by atoms with Gasteiger partial charge in [-0.15, -0.1) is 5.10 Å². The van der Waals surface area contributed by atoms with Crippen molar-refractivity contribution in [2.24, 2.45) is 29.2 Å². The van der Waals surface area contributed by atoms with E-state index in [4.69, 9.17) is 0 Å². The molecule has 5 rings (SSSR count). The van der Waals surface area contributed by atoms with Gasteiger partial charge in [-0.2, -0.15) is 0 Å². The van der Waals surface area contributed by atoms with Crippen molar-refractivity contribution in [2.75, 3.05) is 0 Å². The molecular weight excluding hydrogens is 330 g/mol. The summed E-state index contributed by atoms with van der Waals surface area (Å²) in [4.78, 5) is 13.4. The second-order valence-electron chi connectivity index (χ2n) is 8.59. The lowest BCUT2D eigenvalue weighted by Gasteiger charge is -2.64. The Morgan fingerprint density at radius 3 is 2.29 bits per heavy atom. The summed E-state index contributed by atoms with van der Waals surface area (Å²) in [5.41, 5.74) is 1.18. The van der Waals surface area contributed by atoms with Gasteiger partial charge in [-0.1, -0.05) is 19.1 Å². The van der Waals surface area contributed by atoms with Crippen molar-refractivity contribution in [1.29, 1.82) is 0 Å². The van der Waals surface area contributed by atoms with E-state index in [1.54, 1.807) is 4.68 Å². The Balaban J connectivity index is 1.79. The van der Waals surface area contributed by atoms with Gasteiger partial charge in [0.25, 0.3) is 0 Å². The average molecular weight is 352 g/mol. The zero-order chi connectivity index (χ0) is 15.0. The third kappa shape index (κ3) is 1.89. The number of aromatic nitrogens is 3. The van der Waals surface area contributed by atoms with Crippen LogP contribution < -0.4 is 0 Å². The highest BCUT2D eigenvalue weighted by molar-refractivity contribution is 9.10. The van der Waals surface area contributed by atoms with E-state index in [9.17, 15) is 4.79 Å². The lowest BCUT2D eigenvalue weighted by atomic mass is 9.39. The summed E-state index contributed by atoms with van der Waals surface area (Å²) in [6.07, 6.45) is 7.06. The summed E-state index contributed by atoms with van der Waals surface area (Å²) in [5.74, 6) is 0.989. The first-order chi connectivity index (χ1) is 9.74. The predicted octanol–water partition coefficient (Wildman–Crippen LogP) is 3.76. The maximum atomic E-state index is 13.4. The number of carbonyl (C=O) groups excluding carboxylic acids is 1. The monoisotopic (exact) mass is 351 g/mol. The van der Waals surface area contributed by atoms with Gasteiger partial charge in [0.2, 0.25) is 0 Å². The number of halogens is 1. The second-order valence-corrected chi connectivity index (χ2v) is 9.34. The molecule has 4 aliphatic rings. The van der Waals surface area contributed by atoms with Crippen molar-refractivity contribution < 1.29 is 4.79 Å². The summed E-state index contributed by atoms with van der Waals surface area (Å²) in [5, 5.41) is 8.01. The number of carbonyl (C=O) groups is 1. The molecule has 4 nitrogen and oxygen atoms in total. The van der Waals surface area contributed by atoms with E-state index in [-0.39, 0.29) is 11.2 Å². The summed E-state index contributed by atoms with van der Waals surface area (Å²) in [6, 6.07) is 0. The molecule has 2 atom stereocenters. The Hall–Kier alpha value is -0.710. The zero-order valence-electron chi connectivity index (χ0n) is 12.9. The number of Topliss-reactive ketones (excluding diaryl/α,β-unsaturated/α-hetero) is 1. The van der Waals surface area contributed by atoms with Gasteiger partial charge in [-0.3, -0.25) is 4.79 Å². The molecule has 4 saturated carbocycles. The molecule has 114 valence electrons. The Bertz CT molecular complexity index is 600. The molecule has 0 amide bonds. The van der Waals surface area contributed by atoms with Crippen LogP contribution in [0.1, 0.15) is 62.9 Å². The van der Waals surface area contributed by atoms with Crippen LogP contribution in [0.25, 0.3) is 0 Å². The van der Waals surface area contributed by atoms with Crippen LogP contribution >= 0.6 is 15.9 Å². The molecule has 5 heteroatoms. The first-order valence-corrected chi connectivity index (χ1v) is 8.64. The van der Waals surface area contributed by atoms with Crippen LogP contribution in [0.15, 0.2) is 4.60 Å². The van der Waals surface area contributed by atoms with Crippen molar-refractivity contribution >= 4 is 21.7 Å². The second kappa shape index (κ2) is 3.98. The molecule has 4 fully saturated rings. The maximum absolute atomic E-state index is 13.4. The smallest absolute Gasteiger partial charge is 0.189 e. The van der Waals surface area contributed by atoms with Gasteiger partial charge in [0.15, 0.2) is 10.4 Å². The summed E-state index contributed by atoms with van der Waals surface area (Å²) >= 11 is 3.41. The predicted molar refractivity (Wildman–Crippen MR) is 82.9 cm³/mol. The molecule has 1 aromatic heterocycles.